The second-order valence-corrected chi connectivity index (χ2v) is 3.66. The number of rotatable bonds is 3. The van der Waals surface area contributed by atoms with Gasteiger partial charge >= 0.3 is 5.97 Å². The number of esters is 1. The van der Waals surface area contributed by atoms with Gasteiger partial charge in [-0.1, -0.05) is 11.6 Å². The van der Waals surface area contributed by atoms with Crippen LogP contribution in [0.1, 0.15) is 11.1 Å². The van der Waals surface area contributed by atoms with Gasteiger partial charge in [-0.3, -0.25) is 14.9 Å². The number of halogens is 1. The van der Waals surface area contributed by atoms with E-state index < -0.39 is 10.9 Å². The first-order valence-corrected chi connectivity index (χ1v) is 4.83. The highest BCUT2D eigenvalue weighted by atomic mass is 35.5. The van der Waals surface area contributed by atoms with Crippen molar-refractivity contribution in [2.24, 2.45) is 0 Å². The summed E-state index contributed by atoms with van der Waals surface area (Å²) in [5.41, 5.74) is 0.699. The van der Waals surface area contributed by atoms with Crippen molar-refractivity contribution in [1.82, 2.24) is 0 Å². The topological polar surface area (TPSA) is 69.4 Å². The Bertz CT molecular complexity index is 445. The Morgan fingerprint density at radius 3 is 2.69 bits per heavy atom. The van der Waals surface area contributed by atoms with Crippen LogP contribution in [-0.2, 0) is 16.0 Å². The summed E-state index contributed by atoms with van der Waals surface area (Å²) in [5.74, 6) is -0.561. The van der Waals surface area contributed by atoms with Gasteiger partial charge < -0.3 is 4.74 Å². The highest BCUT2D eigenvalue weighted by Gasteiger charge is 2.20. The molecule has 0 saturated carbocycles. The van der Waals surface area contributed by atoms with Crippen LogP contribution in [0.4, 0.5) is 5.69 Å². The second kappa shape index (κ2) is 4.94. The summed E-state index contributed by atoms with van der Waals surface area (Å²) in [6.45, 7) is 1.70. The van der Waals surface area contributed by atoms with Crippen molar-refractivity contribution in [1.29, 1.82) is 0 Å². The third-order valence-electron chi connectivity index (χ3n) is 2.06. The van der Waals surface area contributed by atoms with E-state index in [1.807, 2.05) is 0 Å². The van der Waals surface area contributed by atoms with Gasteiger partial charge in [0.2, 0.25) is 0 Å². The molecule has 0 atom stereocenters. The number of hydrogen-bond donors (Lipinski definition) is 0. The maximum absolute atomic E-state index is 11.1. The van der Waals surface area contributed by atoms with Crippen LogP contribution in [0.5, 0.6) is 0 Å². The molecular weight excluding hydrogens is 234 g/mol. The first-order chi connectivity index (χ1) is 7.45. The summed E-state index contributed by atoms with van der Waals surface area (Å²) < 4.78 is 4.45. The number of carbonyl (C=O) groups is 1. The summed E-state index contributed by atoms with van der Waals surface area (Å²) in [4.78, 5) is 21.3. The highest BCUT2D eigenvalue weighted by Crippen LogP contribution is 2.28. The van der Waals surface area contributed by atoms with Gasteiger partial charge in [-0.2, -0.15) is 0 Å². The van der Waals surface area contributed by atoms with Crippen molar-refractivity contribution in [2.45, 2.75) is 13.3 Å². The van der Waals surface area contributed by atoms with Gasteiger partial charge in [0.05, 0.1) is 29.0 Å². The van der Waals surface area contributed by atoms with E-state index in [2.05, 4.69) is 4.74 Å². The van der Waals surface area contributed by atoms with Gasteiger partial charge in [-0.05, 0) is 18.6 Å². The Morgan fingerprint density at radius 2 is 2.19 bits per heavy atom. The summed E-state index contributed by atoms with van der Waals surface area (Å²) in [5, 5.41) is 11.0. The molecule has 0 heterocycles. The molecule has 0 aliphatic carbocycles. The Labute approximate surface area is 97.1 Å². The second-order valence-electron chi connectivity index (χ2n) is 3.25. The van der Waals surface area contributed by atoms with Crippen molar-refractivity contribution >= 4 is 23.3 Å². The number of nitro groups is 1. The van der Waals surface area contributed by atoms with E-state index in [-0.39, 0.29) is 22.7 Å². The van der Waals surface area contributed by atoms with Gasteiger partial charge in [0.25, 0.3) is 5.69 Å². The zero-order valence-corrected chi connectivity index (χ0v) is 9.58. The smallest absolute Gasteiger partial charge is 0.310 e. The van der Waals surface area contributed by atoms with Gasteiger partial charge in [-0.15, -0.1) is 0 Å². The van der Waals surface area contributed by atoms with Crippen molar-refractivity contribution in [3.63, 3.8) is 0 Å². The molecule has 0 amide bonds. The number of aryl methyl sites for hydroxylation is 1. The maximum Gasteiger partial charge on any atom is 0.310 e. The molecule has 1 rings (SSSR count). The Morgan fingerprint density at radius 1 is 1.56 bits per heavy atom. The monoisotopic (exact) mass is 243 g/mol. The molecule has 16 heavy (non-hydrogen) atoms. The minimum atomic E-state index is -0.561. The molecule has 0 spiro atoms. The lowest BCUT2D eigenvalue weighted by Crippen LogP contribution is -2.07. The number of methoxy groups -OCH3 is 1. The molecule has 0 aliphatic rings. The van der Waals surface area contributed by atoms with Gasteiger partial charge in [0, 0.05) is 6.07 Å². The molecule has 1 aromatic rings. The number of hydrogen-bond acceptors (Lipinski definition) is 4. The minimum Gasteiger partial charge on any atom is -0.469 e. The van der Waals surface area contributed by atoms with Crippen LogP contribution in [0.3, 0.4) is 0 Å². The molecular formula is C10H10ClNO4. The zero-order chi connectivity index (χ0) is 12.3. The van der Waals surface area contributed by atoms with Gasteiger partial charge in [0.15, 0.2) is 0 Å². The molecule has 5 nitrogen and oxygen atoms in total. The van der Waals surface area contributed by atoms with E-state index in [1.165, 1.54) is 13.2 Å². The summed E-state index contributed by atoms with van der Waals surface area (Å²) >= 11 is 5.87. The van der Waals surface area contributed by atoms with Crippen molar-refractivity contribution in [3.05, 3.63) is 38.4 Å². The molecule has 86 valence electrons. The number of ether oxygens (including phenoxy) is 1. The van der Waals surface area contributed by atoms with Crippen molar-refractivity contribution < 1.29 is 14.5 Å². The molecule has 0 bridgehead atoms. The molecule has 6 heteroatoms. The number of nitrogens with zero attached hydrogens (tertiary/aromatic N) is 1. The van der Waals surface area contributed by atoms with E-state index in [9.17, 15) is 14.9 Å². The SMILES string of the molecule is COC(=O)Cc1c(Cl)cc(C)cc1[N+](=O)[O-]. The predicted molar refractivity (Wildman–Crippen MR) is 58.6 cm³/mol. The minimum absolute atomic E-state index is 0.157. The fourth-order valence-electron chi connectivity index (χ4n) is 1.31. The van der Waals surface area contributed by atoms with E-state index in [1.54, 1.807) is 13.0 Å². The maximum atomic E-state index is 11.1. The average molecular weight is 244 g/mol. The lowest BCUT2D eigenvalue weighted by Gasteiger charge is -2.05. The first-order valence-electron chi connectivity index (χ1n) is 4.46. The van der Waals surface area contributed by atoms with Crippen LogP contribution in [0.15, 0.2) is 12.1 Å². The van der Waals surface area contributed by atoms with Gasteiger partial charge in [-0.25, -0.2) is 0 Å². The van der Waals surface area contributed by atoms with E-state index >= 15 is 0 Å². The Kier molecular flexibility index (Phi) is 3.84. The predicted octanol–water partition coefficient (Wildman–Crippen LogP) is 2.27. The molecule has 0 N–H and O–H groups in total. The summed E-state index contributed by atoms with van der Waals surface area (Å²) in [7, 11) is 1.22. The van der Waals surface area contributed by atoms with E-state index in [0.717, 1.165) is 0 Å². The van der Waals surface area contributed by atoms with E-state index in [4.69, 9.17) is 11.6 Å². The fraction of sp³-hybridized carbons (Fsp3) is 0.300. The Hall–Kier alpha value is -1.62. The standard InChI is InChI=1S/C10H10ClNO4/c1-6-3-8(11)7(5-10(13)16-2)9(4-6)12(14)15/h3-4H,5H2,1-2H3. The molecule has 0 unspecified atom stereocenters. The lowest BCUT2D eigenvalue weighted by atomic mass is 10.1. The Balaban J connectivity index is 3.24. The van der Waals surface area contributed by atoms with Crippen molar-refractivity contribution in [2.75, 3.05) is 7.11 Å². The van der Waals surface area contributed by atoms with Crippen molar-refractivity contribution in [3.8, 4) is 0 Å². The molecule has 0 radical (unpaired) electrons. The third-order valence-corrected chi connectivity index (χ3v) is 2.40. The average Bonchev–Trinajstić information content (AvgIpc) is 2.20. The first kappa shape index (κ1) is 12.4. The number of nitro benzene ring substituents is 1. The zero-order valence-electron chi connectivity index (χ0n) is 8.82. The third kappa shape index (κ3) is 2.70. The summed E-state index contributed by atoms with van der Waals surface area (Å²) in [6.07, 6.45) is -0.202. The molecule has 0 aliphatic heterocycles. The largest absolute Gasteiger partial charge is 0.469 e. The van der Waals surface area contributed by atoms with Crippen LogP contribution in [-0.4, -0.2) is 18.0 Å². The molecule has 0 aromatic heterocycles. The van der Waals surface area contributed by atoms with E-state index in [0.29, 0.717) is 5.56 Å². The quantitative estimate of drug-likeness (QED) is 0.464. The summed E-state index contributed by atoms with van der Waals surface area (Å²) in [6, 6.07) is 2.96. The van der Waals surface area contributed by atoms with Gasteiger partial charge in [0.1, 0.15) is 0 Å². The van der Waals surface area contributed by atoms with Crippen LogP contribution in [0, 0.1) is 17.0 Å². The molecule has 0 saturated heterocycles. The number of benzene rings is 1. The normalized spacial score (nSPS) is 9.94. The van der Waals surface area contributed by atoms with Crippen LogP contribution >= 0.6 is 11.6 Å². The number of carbonyl (C=O) groups excluding carboxylic acids is 1. The molecule has 0 fully saturated rings. The van der Waals surface area contributed by atoms with Crippen LogP contribution in [0.2, 0.25) is 5.02 Å². The lowest BCUT2D eigenvalue weighted by molar-refractivity contribution is -0.385. The van der Waals surface area contributed by atoms with Crippen LogP contribution < -0.4 is 0 Å². The van der Waals surface area contributed by atoms with Crippen LogP contribution in [0.25, 0.3) is 0 Å². The highest BCUT2D eigenvalue weighted by molar-refractivity contribution is 6.32. The fourth-order valence-corrected chi connectivity index (χ4v) is 1.64. The molecule has 1 aromatic carbocycles.